The largest absolute Gasteiger partial charge is 0.457 e. The second-order valence-corrected chi connectivity index (χ2v) is 12.6. The lowest BCUT2D eigenvalue weighted by Gasteiger charge is -2.46. The zero-order valence-corrected chi connectivity index (χ0v) is 25.2. The lowest BCUT2D eigenvalue weighted by Crippen LogP contribution is -2.62. The van der Waals surface area contributed by atoms with Crippen LogP contribution in [0, 0.1) is 12.8 Å². The van der Waals surface area contributed by atoms with E-state index >= 15 is 0 Å². The highest BCUT2D eigenvalue weighted by molar-refractivity contribution is 8.04. The number of piperidine rings is 2. The zero-order chi connectivity index (χ0) is 30.1. The molecule has 2 aromatic rings. The number of carbonyl (C=O) groups is 3. The Kier molecular flexibility index (Phi) is 8.62. The summed E-state index contributed by atoms with van der Waals surface area (Å²) in [6.45, 7) is 3.86. The number of aryl methyl sites for hydroxylation is 1. The van der Waals surface area contributed by atoms with Crippen molar-refractivity contribution in [1.29, 1.82) is 0 Å². The van der Waals surface area contributed by atoms with Crippen LogP contribution in [0.25, 0.3) is 0 Å². The summed E-state index contributed by atoms with van der Waals surface area (Å²) in [5, 5.41) is 9.73. The number of nitrogens with zero attached hydrogens (tertiary/aromatic N) is 2. The first kappa shape index (κ1) is 29.5. The third-order valence-electron chi connectivity index (χ3n) is 8.49. The minimum absolute atomic E-state index is 0.0323. The number of benzene rings is 2. The number of anilines is 1. The fourth-order valence-electron chi connectivity index (χ4n) is 6.52. The minimum atomic E-state index is -0.725. The van der Waals surface area contributed by atoms with Crippen LogP contribution < -0.4 is 31.3 Å². The number of carbonyl (C=O) groups excluding carboxylic acids is 3. The molecule has 3 saturated heterocycles. The van der Waals surface area contributed by atoms with Gasteiger partial charge in [-0.3, -0.25) is 14.5 Å². The number of rotatable bonds is 8. The van der Waals surface area contributed by atoms with Crippen LogP contribution in [-0.2, 0) is 14.3 Å². The first-order valence-corrected chi connectivity index (χ1v) is 15.6. The maximum absolute atomic E-state index is 13.7. The number of methoxy groups -OCH3 is 1. The number of para-hydroxylation sites is 1. The molecule has 4 amide bonds. The van der Waals surface area contributed by atoms with Crippen LogP contribution in [0.4, 0.5) is 10.5 Å². The number of likely N-dealkylation sites (tertiary alicyclic amines) is 1. The van der Waals surface area contributed by atoms with Crippen molar-refractivity contribution in [3.8, 4) is 11.5 Å². The van der Waals surface area contributed by atoms with Crippen LogP contribution in [0.3, 0.4) is 0 Å². The lowest BCUT2D eigenvalue weighted by atomic mass is 9.86. The standard InChI is InChI=1S/C31H38N6O5S/c1-18-15-21(42-20-8-4-3-5-9-20)10-11-23(18)37-24-12-13-33-29-25(24)26(35-31(37)40)27(43-29)28(38)34-19-7-6-14-36(16-19)30(39)22(32)17-41-2/h3-5,8-11,15,19,22,24-25,29,33H,6-7,12-14,16-17,32H2,1-2H3,(H,34,38)(H,35,40)/t19-,22+,24?,25?,29?/m1/s1. The molecule has 11 nitrogen and oxygen atoms in total. The maximum atomic E-state index is 13.7. The summed E-state index contributed by atoms with van der Waals surface area (Å²) >= 11 is 1.47. The molecule has 0 radical (unpaired) electrons. The van der Waals surface area contributed by atoms with Gasteiger partial charge in [-0.05, 0) is 68.6 Å². The maximum Gasteiger partial charge on any atom is 0.326 e. The van der Waals surface area contributed by atoms with Gasteiger partial charge in [0.2, 0.25) is 5.91 Å². The number of nitrogens with two attached hydrogens (primary N) is 1. The highest BCUT2D eigenvalue weighted by atomic mass is 32.2. The van der Waals surface area contributed by atoms with Crippen molar-refractivity contribution < 1.29 is 23.9 Å². The van der Waals surface area contributed by atoms with E-state index in [2.05, 4.69) is 16.0 Å². The summed E-state index contributed by atoms with van der Waals surface area (Å²) in [7, 11) is 1.51. The summed E-state index contributed by atoms with van der Waals surface area (Å²) in [5.41, 5.74) is 8.40. The molecule has 5 N–H and O–H groups in total. The van der Waals surface area contributed by atoms with Crippen molar-refractivity contribution in [3.63, 3.8) is 0 Å². The Morgan fingerprint density at radius 3 is 2.74 bits per heavy atom. The summed E-state index contributed by atoms with van der Waals surface area (Å²) in [6.07, 6.45) is 2.29. The van der Waals surface area contributed by atoms with Gasteiger partial charge in [-0.15, -0.1) is 0 Å². The quantitative estimate of drug-likeness (QED) is 0.360. The van der Waals surface area contributed by atoms with Gasteiger partial charge in [0.25, 0.3) is 5.91 Å². The van der Waals surface area contributed by atoms with Gasteiger partial charge in [-0.1, -0.05) is 30.0 Å². The number of ether oxygens (including phenoxy) is 2. The number of hydrogen-bond acceptors (Lipinski definition) is 8. The zero-order valence-electron chi connectivity index (χ0n) is 24.4. The van der Waals surface area contributed by atoms with Crippen molar-refractivity contribution in [2.75, 3.05) is 38.3 Å². The summed E-state index contributed by atoms with van der Waals surface area (Å²) in [4.78, 5) is 44.1. The van der Waals surface area contributed by atoms with Crippen LogP contribution >= 0.6 is 11.8 Å². The van der Waals surface area contributed by atoms with E-state index in [4.69, 9.17) is 15.2 Å². The molecule has 228 valence electrons. The van der Waals surface area contributed by atoms with E-state index in [0.29, 0.717) is 29.4 Å². The highest BCUT2D eigenvalue weighted by Gasteiger charge is 2.52. The third-order valence-corrected chi connectivity index (χ3v) is 9.84. The van der Waals surface area contributed by atoms with Gasteiger partial charge in [0.15, 0.2) is 0 Å². The van der Waals surface area contributed by atoms with Gasteiger partial charge < -0.3 is 36.1 Å². The monoisotopic (exact) mass is 606 g/mol. The van der Waals surface area contributed by atoms with E-state index in [0.717, 1.165) is 42.8 Å². The molecule has 0 saturated carbocycles. The molecule has 0 spiro atoms. The fourth-order valence-corrected chi connectivity index (χ4v) is 7.92. The van der Waals surface area contributed by atoms with Gasteiger partial charge in [-0.25, -0.2) is 4.79 Å². The topological polar surface area (TPSA) is 138 Å². The van der Waals surface area contributed by atoms with Crippen LogP contribution in [0.5, 0.6) is 11.5 Å². The number of amides is 4. The highest BCUT2D eigenvalue weighted by Crippen LogP contribution is 2.48. The first-order valence-electron chi connectivity index (χ1n) is 14.8. The smallest absolute Gasteiger partial charge is 0.326 e. The van der Waals surface area contributed by atoms with Gasteiger partial charge >= 0.3 is 6.03 Å². The number of urea groups is 1. The molecule has 5 atom stereocenters. The van der Waals surface area contributed by atoms with E-state index < -0.39 is 6.04 Å². The van der Waals surface area contributed by atoms with Crippen molar-refractivity contribution in [2.45, 2.75) is 49.7 Å². The Morgan fingerprint density at radius 1 is 1.16 bits per heavy atom. The molecule has 43 heavy (non-hydrogen) atoms. The van der Waals surface area contributed by atoms with Crippen molar-refractivity contribution in [3.05, 3.63) is 64.7 Å². The predicted octanol–water partition coefficient (Wildman–Crippen LogP) is 2.66. The Hall–Kier alpha value is -3.58. The van der Waals surface area contributed by atoms with Crippen LogP contribution in [0.15, 0.2) is 59.1 Å². The number of thioether (sulfide) groups is 1. The molecule has 12 heteroatoms. The molecule has 0 aliphatic carbocycles. The molecule has 6 rings (SSSR count). The summed E-state index contributed by atoms with van der Waals surface area (Å²) in [5.74, 6) is 0.992. The van der Waals surface area contributed by atoms with Crippen molar-refractivity contribution in [1.82, 2.24) is 20.9 Å². The average molecular weight is 607 g/mol. The van der Waals surface area contributed by atoms with E-state index in [1.54, 1.807) is 4.90 Å². The molecule has 0 aromatic heterocycles. The molecule has 3 fully saturated rings. The third kappa shape index (κ3) is 5.97. The number of nitrogens with one attached hydrogen (secondary N) is 3. The molecular weight excluding hydrogens is 568 g/mol. The second kappa shape index (κ2) is 12.6. The van der Waals surface area contributed by atoms with Crippen molar-refractivity contribution >= 4 is 35.3 Å². The van der Waals surface area contributed by atoms with E-state index in [1.807, 2.05) is 60.4 Å². The molecule has 4 heterocycles. The van der Waals surface area contributed by atoms with Gasteiger partial charge in [0, 0.05) is 43.5 Å². The molecule has 4 aliphatic heterocycles. The fraction of sp³-hybridized carbons (Fsp3) is 0.452. The van der Waals surface area contributed by atoms with Crippen LogP contribution in [0.2, 0.25) is 0 Å². The first-order chi connectivity index (χ1) is 20.8. The molecule has 2 aromatic carbocycles. The van der Waals surface area contributed by atoms with Gasteiger partial charge in [0.05, 0.1) is 22.9 Å². The van der Waals surface area contributed by atoms with Crippen LogP contribution in [-0.4, -0.2) is 79.6 Å². The summed E-state index contributed by atoms with van der Waals surface area (Å²) in [6, 6.07) is 14.1. The average Bonchev–Trinajstić information content (AvgIpc) is 3.38. The Bertz CT molecular complexity index is 1420. The summed E-state index contributed by atoms with van der Waals surface area (Å²) < 4.78 is 11.0. The Labute approximate surface area is 255 Å². The van der Waals surface area contributed by atoms with E-state index in [9.17, 15) is 14.4 Å². The second-order valence-electron chi connectivity index (χ2n) is 11.4. The normalized spacial score (nSPS) is 25.6. The van der Waals surface area contributed by atoms with Gasteiger partial charge in [-0.2, -0.15) is 0 Å². The number of hydrogen-bond donors (Lipinski definition) is 4. The SMILES string of the molecule is COC[C@H](N)C(=O)N1CCC[C@@H](NC(=O)C2=C3NC(=O)N(c4ccc(Oc5ccccc5)cc4C)C4CCNC(S2)C34)C1. The molecular formula is C31H38N6O5S. The Morgan fingerprint density at radius 2 is 1.98 bits per heavy atom. The van der Waals surface area contributed by atoms with Crippen molar-refractivity contribution in [2.24, 2.45) is 11.7 Å². The van der Waals surface area contributed by atoms with Gasteiger partial charge in [0.1, 0.15) is 17.5 Å². The van der Waals surface area contributed by atoms with E-state index in [-0.39, 0.29) is 47.8 Å². The molecule has 0 bridgehead atoms. The Balaban J connectivity index is 1.18. The van der Waals surface area contributed by atoms with E-state index in [1.165, 1.54) is 18.9 Å². The molecule has 4 aliphatic rings. The predicted molar refractivity (Wildman–Crippen MR) is 165 cm³/mol. The minimum Gasteiger partial charge on any atom is -0.457 e. The lowest BCUT2D eigenvalue weighted by molar-refractivity contribution is -0.135. The van der Waals surface area contributed by atoms with Crippen LogP contribution in [0.1, 0.15) is 24.8 Å². The molecule has 3 unspecified atom stereocenters.